The largest absolute Gasteiger partial charge is 0.419 e. The van der Waals surface area contributed by atoms with Crippen molar-refractivity contribution in [2.24, 2.45) is 28.7 Å². The van der Waals surface area contributed by atoms with E-state index < -0.39 is 52.8 Å². The molecule has 1 atom stereocenters. The predicted molar refractivity (Wildman–Crippen MR) is 216 cm³/mol. The van der Waals surface area contributed by atoms with Gasteiger partial charge in [0, 0.05) is 17.7 Å². The van der Waals surface area contributed by atoms with E-state index in [1.54, 1.807) is 31.2 Å². The van der Waals surface area contributed by atoms with Crippen molar-refractivity contribution in [2.75, 3.05) is 26.2 Å². The van der Waals surface area contributed by atoms with Gasteiger partial charge < -0.3 is 28.7 Å². The minimum atomic E-state index is -4.63. The summed E-state index contributed by atoms with van der Waals surface area (Å²) in [4.78, 5) is 0. The van der Waals surface area contributed by atoms with Crippen molar-refractivity contribution in [1.82, 2.24) is 0 Å². The van der Waals surface area contributed by atoms with Gasteiger partial charge in [-0.2, -0.15) is 26.3 Å². The van der Waals surface area contributed by atoms with Crippen LogP contribution in [0.4, 0.5) is 52.7 Å². The van der Waals surface area contributed by atoms with Crippen molar-refractivity contribution in [1.29, 1.82) is 0 Å². The Balaban J connectivity index is 0.000000383. The zero-order valence-electron chi connectivity index (χ0n) is 32.6. The Morgan fingerprint density at radius 1 is 0.459 bits per heavy atom. The topological polar surface area (TPSA) is 130 Å². The third-order valence-electron chi connectivity index (χ3n) is 7.85. The minimum Gasteiger partial charge on any atom is -0.330 e. The highest BCUT2D eigenvalue weighted by Crippen LogP contribution is 2.33. The first-order valence-corrected chi connectivity index (χ1v) is 18.8. The highest BCUT2D eigenvalue weighted by Gasteiger charge is 2.34. The van der Waals surface area contributed by atoms with E-state index >= 15 is 0 Å². The summed E-state index contributed by atoms with van der Waals surface area (Å²) in [6.45, 7) is 3.12. The highest BCUT2D eigenvalue weighted by atomic mass is 35.5. The van der Waals surface area contributed by atoms with Gasteiger partial charge in [-0.15, -0.1) is 0 Å². The van der Waals surface area contributed by atoms with E-state index in [9.17, 15) is 52.7 Å². The van der Waals surface area contributed by atoms with E-state index in [2.05, 4.69) is 0 Å². The van der Waals surface area contributed by atoms with Crippen LogP contribution in [0.25, 0.3) is 0 Å². The number of hydrogen-bond acceptors (Lipinski definition) is 5. The fourth-order valence-electron chi connectivity index (χ4n) is 4.89. The van der Waals surface area contributed by atoms with E-state index in [0.29, 0.717) is 43.1 Å². The second kappa shape index (κ2) is 26.9. The molecule has 0 aliphatic carbocycles. The van der Waals surface area contributed by atoms with Crippen LogP contribution < -0.4 is 28.7 Å². The van der Waals surface area contributed by atoms with Crippen LogP contribution in [-0.4, -0.2) is 26.2 Å². The molecule has 5 aromatic rings. The Kier molecular flexibility index (Phi) is 24.1. The van der Waals surface area contributed by atoms with Gasteiger partial charge in [-0.05, 0) is 136 Å². The van der Waals surface area contributed by atoms with Crippen molar-refractivity contribution in [3.63, 3.8) is 0 Å². The summed E-state index contributed by atoms with van der Waals surface area (Å²) < 4.78 is 149. The van der Waals surface area contributed by atoms with E-state index in [4.69, 9.17) is 51.9 Å². The molecule has 5 rings (SSSR count). The number of nitrogens with two attached hydrogens (primary N) is 5. The molecule has 0 saturated carbocycles. The molecule has 5 aromatic carbocycles. The molecule has 0 spiro atoms. The van der Waals surface area contributed by atoms with Crippen molar-refractivity contribution in [2.45, 2.75) is 51.0 Å². The van der Waals surface area contributed by atoms with Gasteiger partial charge in [-0.1, -0.05) is 53.5 Å². The minimum absolute atomic E-state index is 0.0291. The van der Waals surface area contributed by atoms with Gasteiger partial charge in [0.2, 0.25) is 0 Å². The molecular formula is C42H45Cl2F12N5. The van der Waals surface area contributed by atoms with Gasteiger partial charge in [0.1, 0.15) is 34.9 Å². The summed E-state index contributed by atoms with van der Waals surface area (Å²) in [5.74, 6) is -4.06. The standard InChI is InChI=1S/2C9H9F4N.2C8H9ClFN.C8H9F2N/c10-7-2-1-6(3-4-14)8(5-7)9(11,12)13;10-8-5-6(3-4-14)1-2-7(8)9(11,12)13;9-7-5-6(3-4-11)1-2-8(7)10;9-7-2-1-6(3-4-11)5-8(7)10;1-5(11)7-3-2-6(9)4-8(7)10/h2*1-2,5H,3-4,14H2;2*1-2,5H,3-4,11H2;2-5H,11H2,1H3. The quantitative estimate of drug-likeness (QED) is 0.0941. The number of hydrogen-bond donors (Lipinski definition) is 5. The van der Waals surface area contributed by atoms with Crippen LogP contribution in [0.15, 0.2) is 91.0 Å². The average Bonchev–Trinajstić information content (AvgIpc) is 3.16. The van der Waals surface area contributed by atoms with Gasteiger partial charge >= 0.3 is 12.4 Å². The Bertz CT molecular complexity index is 2030. The van der Waals surface area contributed by atoms with Crippen LogP contribution in [0.2, 0.25) is 10.0 Å². The Hall–Kier alpha value is -4.36. The molecular weight excluding hydrogens is 873 g/mol. The normalized spacial score (nSPS) is 11.4. The Labute approximate surface area is 355 Å². The first kappa shape index (κ1) is 54.7. The molecule has 1 unspecified atom stereocenters. The molecule has 0 aliphatic heterocycles. The third-order valence-corrected chi connectivity index (χ3v) is 8.45. The van der Waals surface area contributed by atoms with Crippen LogP contribution in [0, 0.1) is 34.9 Å². The summed E-state index contributed by atoms with van der Waals surface area (Å²) in [7, 11) is 0. The van der Waals surface area contributed by atoms with Crippen LogP contribution in [0.3, 0.4) is 0 Å². The number of rotatable bonds is 9. The maximum absolute atomic E-state index is 12.9. The van der Waals surface area contributed by atoms with E-state index in [-0.39, 0.29) is 46.8 Å². The molecule has 0 saturated heterocycles. The van der Waals surface area contributed by atoms with Crippen molar-refractivity contribution >= 4 is 23.2 Å². The molecule has 0 radical (unpaired) electrons. The maximum Gasteiger partial charge on any atom is 0.419 e. The third kappa shape index (κ3) is 20.4. The molecule has 336 valence electrons. The first-order chi connectivity index (χ1) is 28.5. The Morgan fingerprint density at radius 2 is 0.918 bits per heavy atom. The average molecular weight is 919 g/mol. The predicted octanol–water partition coefficient (Wildman–Crippen LogP) is 10.6. The van der Waals surface area contributed by atoms with Crippen LogP contribution in [0.1, 0.15) is 51.9 Å². The SMILES string of the molecule is CC(N)c1ccc(F)cc1F.NCCc1ccc(C(F)(F)F)c(F)c1.NCCc1ccc(Cl)c(F)c1.NCCc1ccc(F)c(Cl)c1.NCCc1ccc(F)cc1C(F)(F)F. The second-order valence-corrected chi connectivity index (χ2v) is 13.5. The monoisotopic (exact) mass is 917 g/mol. The van der Waals surface area contributed by atoms with Crippen LogP contribution >= 0.6 is 23.2 Å². The molecule has 0 aliphatic rings. The summed E-state index contributed by atoms with van der Waals surface area (Å²) >= 11 is 11.0. The molecule has 0 heterocycles. The Morgan fingerprint density at radius 3 is 1.36 bits per heavy atom. The molecule has 61 heavy (non-hydrogen) atoms. The van der Waals surface area contributed by atoms with Crippen molar-refractivity contribution in [3.8, 4) is 0 Å². The maximum atomic E-state index is 12.9. The molecule has 5 nitrogen and oxygen atoms in total. The molecule has 0 fully saturated rings. The molecule has 10 N–H and O–H groups in total. The first-order valence-electron chi connectivity index (χ1n) is 18.1. The second-order valence-electron chi connectivity index (χ2n) is 12.7. The van der Waals surface area contributed by atoms with Gasteiger partial charge in [-0.3, -0.25) is 0 Å². The lowest BCUT2D eigenvalue weighted by atomic mass is 10.0. The lowest BCUT2D eigenvalue weighted by Gasteiger charge is -2.11. The van der Waals surface area contributed by atoms with E-state index in [1.165, 1.54) is 30.3 Å². The van der Waals surface area contributed by atoms with Crippen LogP contribution in [-0.2, 0) is 38.0 Å². The van der Waals surface area contributed by atoms with Gasteiger partial charge in [0.05, 0.1) is 21.2 Å². The van der Waals surface area contributed by atoms with Crippen molar-refractivity contribution in [3.05, 3.63) is 175 Å². The van der Waals surface area contributed by atoms with Crippen LogP contribution in [0.5, 0.6) is 0 Å². The summed E-state index contributed by atoms with van der Waals surface area (Å²) in [5, 5.41) is 0.321. The lowest BCUT2D eigenvalue weighted by molar-refractivity contribution is -0.140. The van der Waals surface area contributed by atoms with E-state index in [0.717, 1.165) is 47.9 Å². The van der Waals surface area contributed by atoms with Gasteiger partial charge in [0.15, 0.2) is 0 Å². The fraction of sp³-hybridized carbons (Fsp3) is 0.286. The zero-order chi connectivity index (χ0) is 46.5. The number of halogens is 14. The lowest BCUT2D eigenvalue weighted by Crippen LogP contribution is -2.12. The van der Waals surface area contributed by atoms with Crippen molar-refractivity contribution < 1.29 is 52.7 Å². The number of alkyl halides is 6. The molecule has 0 aromatic heterocycles. The van der Waals surface area contributed by atoms with Gasteiger partial charge in [0.25, 0.3) is 0 Å². The van der Waals surface area contributed by atoms with Gasteiger partial charge in [-0.25, -0.2) is 26.3 Å². The molecule has 0 bridgehead atoms. The fourth-order valence-corrected chi connectivity index (χ4v) is 5.21. The highest BCUT2D eigenvalue weighted by molar-refractivity contribution is 6.31. The summed E-state index contributed by atoms with van der Waals surface area (Å²) in [6.07, 6.45) is -7.27. The zero-order valence-corrected chi connectivity index (χ0v) is 34.1. The molecule has 0 amide bonds. The smallest absolute Gasteiger partial charge is 0.330 e. The number of benzene rings is 5. The summed E-state index contributed by atoms with van der Waals surface area (Å²) in [5.41, 5.74) is 26.9. The van der Waals surface area contributed by atoms with E-state index in [1.807, 2.05) is 0 Å². The summed E-state index contributed by atoms with van der Waals surface area (Å²) in [6, 6.07) is 17.8. The molecule has 19 heteroatoms.